The number of ether oxygens (including phenoxy) is 1. The van der Waals surface area contributed by atoms with E-state index in [1.165, 1.54) is 5.56 Å². The maximum Gasteiger partial charge on any atom is 0.248 e. The van der Waals surface area contributed by atoms with Crippen molar-refractivity contribution in [3.8, 4) is 0 Å². The van der Waals surface area contributed by atoms with Gasteiger partial charge in [-0.2, -0.15) is 0 Å². The quantitative estimate of drug-likeness (QED) is 0.851. The van der Waals surface area contributed by atoms with Gasteiger partial charge in [-0.25, -0.2) is 0 Å². The topological polar surface area (TPSA) is 32.8 Å². The molecule has 0 radical (unpaired) electrons. The van der Waals surface area contributed by atoms with Crippen LogP contribution in [0.15, 0.2) is 30.3 Å². The summed E-state index contributed by atoms with van der Waals surface area (Å²) in [6.45, 7) is 6.95. The molecule has 0 N–H and O–H groups in total. The van der Waals surface area contributed by atoms with Crippen molar-refractivity contribution in [2.75, 3.05) is 32.8 Å². The zero-order valence-electron chi connectivity index (χ0n) is 12.8. The number of likely N-dealkylation sites (N-methyl/N-ethyl adjacent to an activating group) is 1. The lowest BCUT2D eigenvalue weighted by Crippen LogP contribution is -2.58. The first-order valence-corrected chi connectivity index (χ1v) is 7.89. The maximum atomic E-state index is 11.7. The van der Waals surface area contributed by atoms with Crippen LogP contribution in [0.4, 0.5) is 0 Å². The zero-order valence-corrected chi connectivity index (χ0v) is 12.8. The molecule has 2 saturated heterocycles. The van der Waals surface area contributed by atoms with Crippen molar-refractivity contribution in [3.05, 3.63) is 35.9 Å². The molecule has 1 spiro atoms. The highest BCUT2D eigenvalue weighted by Crippen LogP contribution is 2.30. The molecule has 1 aromatic rings. The monoisotopic (exact) mass is 288 g/mol. The van der Waals surface area contributed by atoms with E-state index in [0.717, 1.165) is 45.6 Å². The summed E-state index contributed by atoms with van der Waals surface area (Å²) >= 11 is 0. The Kier molecular flexibility index (Phi) is 4.27. The Morgan fingerprint density at radius 2 is 1.90 bits per heavy atom. The molecule has 3 rings (SSSR count). The van der Waals surface area contributed by atoms with E-state index >= 15 is 0 Å². The molecule has 0 atom stereocenters. The summed E-state index contributed by atoms with van der Waals surface area (Å²) < 4.78 is 5.93. The van der Waals surface area contributed by atoms with Crippen LogP contribution >= 0.6 is 0 Å². The third kappa shape index (κ3) is 3.27. The summed E-state index contributed by atoms with van der Waals surface area (Å²) in [5.41, 5.74) is 1.26. The summed E-state index contributed by atoms with van der Waals surface area (Å²) in [5, 5.41) is 0. The largest absolute Gasteiger partial charge is 0.363 e. The summed E-state index contributed by atoms with van der Waals surface area (Å²) in [4.78, 5) is 16.2. The standard InChI is InChI=1S/C17H24N2O2/c1-2-19-14-17(21-13-16(19)20)8-10-18(11-9-17)12-15-6-4-3-5-7-15/h3-7H,2,8-14H2,1H3. The zero-order chi connectivity index (χ0) is 14.7. The van der Waals surface area contributed by atoms with Gasteiger partial charge < -0.3 is 9.64 Å². The van der Waals surface area contributed by atoms with Crippen LogP contribution in [0.5, 0.6) is 0 Å². The van der Waals surface area contributed by atoms with Crippen LogP contribution in [0, 0.1) is 0 Å². The highest BCUT2D eigenvalue weighted by atomic mass is 16.5. The summed E-state index contributed by atoms with van der Waals surface area (Å²) in [7, 11) is 0. The Bertz CT molecular complexity index is 481. The van der Waals surface area contributed by atoms with Gasteiger partial charge >= 0.3 is 0 Å². The van der Waals surface area contributed by atoms with Crippen molar-refractivity contribution in [1.29, 1.82) is 0 Å². The number of hydrogen-bond donors (Lipinski definition) is 0. The molecule has 114 valence electrons. The van der Waals surface area contributed by atoms with E-state index in [-0.39, 0.29) is 18.1 Å². The molecule has 2 aliphatic heterocycles. The Morgan fingerprint density at radius 3 is 2.57 bits per heavy atom. The van der Waals surface area contributed by atoms with Gasteiger partial charge in [-0.3, -0.25) is 9.69 Å². The van der Waals surface area contributed by atoms with Crippen molar-refractivity contribution >= 4 is 5.91 Å². The Hall–Kier alpha value is -1.39. The number of piperidine rings is 1. The number of amides is 1. The van der Waals surface area contributed by atoms with E-state index in [9.17, 15) is 4.79 Å². The smallest absolute Gasteiger partial charge is 0.248 e. The molecule has 4 nitrogen and oxygen atoms in total. The van der Waals surface area contributed by atoms with Gasteiger partial charge in [0, 0.05) is 32.7 Å². The minimum atomic E-state index is -0.100. The van der Waals surface area contributed by atoms with E-state index in [0.29, 0.717) is 0 Å². The fourth-order valence-corrected chi connectivity index (χ4v) is 3.34. The lowest BCUT2D eigenvalue weighted by molar-refractivity contribution is -0.171. The molecular weight excluding hydrogens is 264 g/mol. The Labute approximate surface area is 126 Å². The Morgan fingerprint density at radius 1 is 1.19 bits per heavy atom. The number of carbonyl (C=O) groups excluding carboxylic acids is 1. The Balaban J connectivity index is 1.56. The highest BCUT2D eigenvalue weighted by Gasteiger charge is 2.41. The summed E-state index contributed by atoms with van der Waals surface area (Å²) in [6.07, 6.45) is 2.03. The van der Waals surface area contributed by atoms with Crippen molar-refractivity contribution in [1.82, 2.24) is 9.80 Å². The van der Waals surface area contributed by atoms with Crippen LogP contribution < -0.4 is 0 Å². The predicted octanol–water partition coefficient (Wildman–Crippen LogP) is 1.90. The number of carbonyl (C=O) groups is 1. The second kappa shape index (κ2) is 6.16. The molecule has 21 heavy (non-hydrogen) atoms. The average Bonchev–Trinajstić information content (AvgIpc) is 2.53. The maximum absolute atomic E-state index is 11.7. The first-order valence-electron chi connectivity index (χ1n) is 7.89. The second-order valence-electron chi connectivity index (χ2n) is 6.14. The molecule has 2 fully saturated rings. The van der Waals surface area contributed by atoms with E-state index in [1.54, 1.807) is 0 Å². The predicted molar refractivity (Wildman–Crippen MR) is 81.9 cm³/mol. The van der Waals surface area contributed by atoms with Crippen LogP contribution in [0.25, 0.3) is 0 Å². The molecule has 0 aromatic heterocycles. The van der Waals surface area contributed by atoms with Gasteiger partial charge in [0.1, 0.15) is 6.61 Å². The minimum absolute atomic E-state index is 0.100. The highest BCUT2D eigenvalue weighted by molar-refractivity contribution is 5.78. The van der Waals surface area contributed by atoms with Crippen molar-refractivity contribution in [3.63, 3.8) is 0 Å². The van der Waals surface area contributed by atoms with Gasteiger partial charge in [-0.15, -0.1) is 0 Å². The number of hydrogen-bond acceptors (Lipinski definition) is 3. The van der Waals surface area contributed by atoms with E-state index < -0.39 is 0 Å². The molecule has 0 aliphatic carbocycles. The van der Waals surface area contributed by atoms with Gasteiger partial charge in [-0.1, -0.05) is 30.3 Å². The number of morpholine rings is 1. The minimum Gasteiger partial charge on any atom is -0.363 e. The SMILES string of the molecule is CCN1CC2(CCN(Cc3ccccc3)CC2)OCC1=O. The van der Waals surface area contributed by atoms with E-state index in [2.05, 4.69) is 35.2 Å². The molecular formula is C17H24N2O2. The third-order valence-corrected chi connectivity index (χ3v) is 4.73. The van der Waals surface area contributed by atoms with Gasteiger partial charge in [-0.05, 0) is 25.3 Å². The van der Waals surface area contributed by atoms with Crippen molar-refractivity contribution in [2.45, 2.75) is 31.9 Å². The van der Waals surface area contributed by atoms with Crippen molar-refractivity contribution in [2.24, 2.45) is 0 Å². The van der Waals surface area contributed by atoms with Gasteiger partial charge in [0.25, 0.3) is 0 Å². The summed E-state index contributed by atoms with van der Waals surface area (Å²) in [5.74, 6) is 0.134. The second-order valence-corrected chi connectivity index (χ2v) is 6.14. The fourth-order valence-electron chi connectivity index (χ4n) is 3.34. The van der Waals surface area contributed by atoms with Gasteiger partial charge in [0.15, 0.2) is 0 Å². The molecule has 2 aliphatic rings. The lowest BCUT2D eigenvalue weighted by Gasteiger charge is -2.46. The number of benzene rings is 1. The average molecular weight is 288 g/mol. The molecule has 1 aromatic carbocycles. The van der Waals surface area contributed by atoms with Gasteiger partial charge in [0.2, 0.25) is 5.91 Å². The first kappa shape index (κ1) is 14.5. The van der Waals surface area contributed by atoms with Crippen molar-refractivity contribution < 1.29 is 9.53 Å². The summed E-state index contributed by atoms with van der Waals surface area (Å²) in [6, 6.07) is 10.6. The number of nitrogens with zero attached hydrogens (tertiary/aromatic N) is 2. The van der Waals surface area contributed by atoms with Crippen LogP contribution in [0.1, 0.15) is 25.3 Å². The molecule has 0 bridgehead atoms. The van der Waals surface area contributed by atoms with Crippen LogP contribution in [0.3, 0.4) is 0 Å². The molecule has 0 unspecified atom stereocenters. The molecule has 1 amide bonds. The number of likely N-dealkylation sites (tertiary alicyclic amines) is 1. The first-order chi connectivity index (χ1) is 10.2. The normalized spacial score (nSPS) is 22.7. The van der Waals surface area contributed by atoms with Gasteiger partial charge in [0.05, 0.1) is 5.60 Å². The molecule has 2 heterocycles. The third-order valence-electron chi connectivity index (χ3n) is 4.73. The molecule has 4 heteroatoms. The van der Waals surface area contributed by atoms with Crippen LogP contribution in [-0.2, 0) is 16.1 Å². The van der Waals surface area contributed by atoms with E-state index in [4.69, 9.17) is 4.74 Å². The lowest BCUT2D eigenvalue weighted by atomic mass is 9.89. The van der Waals surface area contributed by atoms with E-state index in [1.807, 2.05) is 11.8 Å². The molecule has 0 saturated carbocycles. The van der Waals surface area contributed by atoms with Crippen LogP contribution in [-0.4, -0.2) is 54.1 Å². The fraction of sp³-hybridized carbons (Fsp3) is 0.588. The van der Waals surface area contributed by atoms with Crippen LogP contribution in [0.2, 0.25) is 0 Å². The number of rotatable bonds is 3.